The van der Waals surface area contributed by atoms with Crippen molar-refractivity contribution in [2.75, 3.05) is 31.2 Å². The van der Waals surface area contributed by atoms with Crippen LogP contribution >= 0.6 is 0 Å². The molecule has 34 heavy (non-hydrogen) atoms. The average molecular weight is 452 g/mol. The number of nitrogens with two attached hydrogens (primary N) is 1. The van der Waals surface area contributed by atoms with Crippen LogP contribution < -0.4 is 11.1 Å². The first-order valence-corrected chi connectivity index (χ1v) is 11.7. The maximum atomic E-state index is 13.0. The Morgan fingerprint density at radius 2 is 1.79 bits per heavy atom. The molecule has 172 valence electrons. The molecule has 1 aliphatic heterocycles. The second-order valence-corrected chi connectivity index (χ2v) is 9.19. The lowest BCUT2D eigenvalue weighted by Crippen LogP contribution is -2.29. The number of nitrogens with zero attached hydrogens (tertiary/aromatic N) is 3. The second-order valence-electron chi connectivity index (χ2n) is 9.19. The molecule has 3 aromatic carbocycles. The molecule has 0 bridgehead atoms. The zero-order chi connectivity index (χ0) is 23.7. The van der Waals surface area contributed by atoms with Crippen molar-refractivity contribution in [3.05, 3.63) is 83.6 Å². The van der Waals surface area contributed by atoms with Crippen LogP contribution in [-0.2, 0) is 0 Å². The number of benzene rings is 3. The van der Waals surface area contributed by atoms with Gasteiger partial charge in [-0.2, -0.15) is 0 Å². The summed E-state index contributed by atoms with van der Waals surface area (Å²) in [5, 5.41) is 3.96. The highest BCUT2D eigenvalue weighted by molar-refractivity contribution is 6.05. The number of rotatable bonds is 4. The third-order valence-electron chi connectivity index (χ3n) is 6.77. The molecule has 4 aromatic rings. The van der Waals surface area contributed by atoms with Crippen molar-refractivity contribution in [2.24, 2.45) is 0 Å². The number of nitrogens with one attached hydrogen (secondary N) is 1. The van der Waals surface area contributed by atoms with E-state index in [1.165, 1.54) is 18.4 Å². The summed E-state index contributed by atoms with van der Waals surface area (Å²) in [6.45, 7) is 4.32. The van der Waals surface area contributed by atoms with Crippen molar-refractivity contribution in [1.29, 1.82) is 0 Å². The Bertz CT molecular complexity index is 1340. The van der Waals surface area contributed by atoms with Gasteiger partial charge in [-0.05, 0) is 104 Å². The van der Waals surface area contributed by atoms with Gasteiger partial charge in [-0.15, -0.1) is 0 Å². The van der Waals surface area contributed by atoms with E-state index in [1.54, 1.807) is 6.20 Å². The van der Waals surface area contributed by atoms with Gasteiger partial charge in [0.15, 0.2) is 0 Å². The van der Waals surface area contributed by atoms with Gasteiger partial charge in [-0.1, -0.05) is 24.3 Å². The van der Waals surface area contributed by atoms with Crippen LogP contribution in [0.5, 0.6) is 0 Å². The van der Waals surface area contributed by atoms with E-state index < -0.39 is 0 Å². The zero-order valence-corrected chi connectivity index (χ0v) is 19.6. The van der Waals surface area contributed by atoms with Crippen molar-refractivity contribution >= 4 is 28.4 Å². The van der Waals surface area contributed by atoms with Crippen LogP contribution in [0.15, 0.2) is 66.9 Å². The average Bonchev–Trinajstić information content (AvgIpc) is 2.85. The molecule has 2 heterocycles. The second kappa shape index (κ2) is 9.23. The van der Waals surface area contributed by atoms with Crippen molar-refractivity contribution in [3.63, 3.8) is 0 Å². The molecular formula is C28H29N5O. The van der Waals surface area contributed by atoms with E-state index in [0.717, 1.165) is 46.4 Å². The van der Waals surface area contributed by atoms with Crippen LogP contribution in [0.2, 0.25) is 0 Å². The van der Waals surface area contributed by atoms with Gasteiger partial charge >= 0.3 is 0 Å². The van der Waals surface area contributed by atoms with Crippen LogP contribution in [0.25, 0.3) is 22.0 Å². The third-order valence-corrected chi connectivity index (χ3v) is 6.77. The van der Waals surface area contributed by atoms with Crippen molar-refractivity contribution in [2.45, 2.75) is 25.7 Å². The molecule has 1 fully saturated rings. The lowest BCUT2D eigenvalue weighted by Gasteiger charge is -2.29. The van der Waals surface area contributed by atoms with Crippen molar-refractivity contribution < 1.29 is 4.79 Å². The van der Waals surface area contributed by atoms with E-state index in [9.17, 15) is 4.79 Å². The van der Waals surface area contributed by atoms with E-state index in [0.29, 0.717) is 11.5 Å². The minimum atomic E-state index is -0.120. The first-order valence-electron chi connectivity index (χ1n) is 11.7. The molecule has 3 N–H and O–H groups in total. The van der Waals surface area contributed by atoms with Gasteiger partial charge in [0, 0.05) is 22.8 Å². The molecular weight excluding hydrogens is 422 g/mol. The van der Waals surface area contributed by atoms with E-state index in [1.807, 2.05) is 55.5 Å². The van der Waals surface area contributed by atoms with Gasteiger partial charge in [0.05, 0.1) is 5.52 Å². The molecule has 0 atom stereocenters. The maximum Gasteiger partial charge on any atom is 0.255 e. The summed E-state index contributed by atoms with van der Waals surface area (Å²) < 4.78 is 0. The quantitative estimate of drug-likeness (QED) is 0.443. The fraction of sp³-hybridized carbons (Fsp3) is 0.250. The van der Waals surface area contributed by atoms with Gasteiger partial charge < -0.3 is 16.0 Å². The summed E-state index contributed by atoms with van der Waals surface area (Å²) >= 11 is 0. The Kier molecular flexibility index (Phi) is 5.99. The Balaban J connectivity index is 1.34. The van der Waals surface area contributed by atoms with Gasteiger partial charge in [-0.25, -0.2) is 9.97 Å². The number of fused-ring (bicyclic) bond motifs is 1. The molecule has 5 rings (SSSR count). The topological polar surface area (TPSA) is 84.1 Å². The number of nitrogen functional groups attached to an aromatic ring is 1. The number of hydrogen-bond donors (Lipinski definition) is 2. The number of anilines is 2. The molecule has 1 aliphatic rings. The molecule has 0 saturated carbocycles. The molecule has 0 radical (unpaired) electrons. The molecule has 1 saturated heterocycles. The SMILES string of the molecule is Cc1ccc(C(=O)Nc2ccc(C3CCN(C)CC3)cc2)cc1-c1ccc2nc(N)ncc2c1. The van der Waals surface area contributed by atoms with E-state index >= 15 is 0 Å². The summed E-state index contributed by atoms with van der Waals surface area (Å²) in [7, 11) is 2.18. The van der Waals surface area contributed by atoms with Crippen LogP contribution in [0.1, 0.15) is 40.2 Å². The minimum absolute atomic E-state index is 0.120. The number of hydrogen-bond acceptors (Lipinski definition) is 5. The molecule has 1 amide bonds. The largest absolute Gasteiger partial charge is 0.368 e. The first kappa shape index (κ1) is 22.0. The smallest absolute Gasteiger partial charge is 0.255 e. The number of piperidine rings is 1. The summed E-state index contributed by atoms with van der Waals surface area (Å²) in [6.07, 6.45) is 4.09. The van der Waals surface area contributed by atoms with Crippen LogP contribution in [0.4, 0.5) is 11.6 Å². The van der Waals surface area contributed by atoms with Gasteiger partial charge in [0.2, 0.25) is 5.95 Å². The molecule has 0 aliphatic carbocycles. The number of likely N-dealkylation sites (tertiary alicyclic amines) is 1. The van der Waals surface area contributed by atoms with Crippen molar-refractivity contribution in [1.82, 2.24) is 14.9 Å². The van der Waals surface area contributed by atoms with Crippen LogP contribution in [0, 0.1) is 6.92 Å². The standard InChI is InChI=1S/C28H29N5O/c1-18-3-4-22(16-25(18)21-7-10-26-23(15-21)17-30-28(29)32-26)27(34)31-24-8-5-19(6-9-24)20-11-13-33(2)14-12-20/h3-10,15-17,20H,11-14H2,1-2H3,(H,31,34)(H2,29,30,32). The summed E-state index contributed by atoms with van der Waals surface area (Å²) in [6, 6.07) is 20.1. The molecule has 0 spiro atoms. The highest BCUT2D eigenvalue weighted by Crippen LogP contribution is 2.30. The monoisotopic (exact) mass is 451 g/mol. The Hall–Kier alpha value is -3.77. The summed E-state index contributed by atoms with van der Waals surface area (Å²) in [4.78, 5) is 23.8. The predicted molar refractivity (Wildman–Crippen MR) is 138 cm³/mol. The maximum absolute atomic E-state index is 13.0. The normalized spacial score (nSPS) is 14.9. The van der Waals surface area contributed by atoms with Gasteiger partial charge in [0.1, 0.15) is 0 Å². The number of carbonyl (C=O) groups is 1. The summed E-state index contributed by atoms with van der Waals surface area (Å²) in [5.41, 5.74) is 12.4. The Morgan fingerprint density at radius 1 is 1.03 bits per heavy atom. The Labute approximate surface area is 199 Å². The van der Waals surface area contributed by atoms with E-state index in [-0.39, 0.29) is 11.9 Å². The number of amides is 1. The fourth-order valence-corrected chi connectivity index (χ4v) is 4.67. The molecule has 1 aromatic heterocycles. The minimum Gasteiger partial charge on any atom is -0.368 e. The van der Waals surface area contributed by atoms with Crippen molar-refractivity contribution in [3.8, 4) is 11.1 Å². The predicted octanol–water partition coefficient (Wildman–Crippen LogP) is 5.25. The number of aryl methyl sites for hydroxylation is 1. The lowest BCUT2D eigenvalue weighted by molar-refractivity contribution is 0.102. The lowest BCUT2D eigenvalue weighted by atomic mass is 9.89. The highest BCUT2D eigenvalue weighted by atomic mass is 16.1. The van der Waals surface area contributed by atoms with E-state index in [4.69, 9.17) is 5.73 Å². The van der Waals surface area contributed by atoms with Gasteiger partial charge in [0.25, 0.3) is 5.91 Å². The first-order chi connectivity index (χ1) is 16.5. The van der Waals surface area contributed by atoms with Crippen LogP contribution in [-0.4, -0.2) is 40.9 Å². The van der Waals surface area contributed by atoms with E-state index in [2.05, 4.69) is 39.4 Å². The zero-order valence-electron chi connectivity index (χ0n) is 19.6. The Morgan fingerprint density at radius 3 is 2.56 bits per heavy atom. The third kappa shape index (κ3) is 4.63. The van der Waals surface area contributed by atoms with Gasteiger partial charge in [-0.3, -0.25) is 4.79 Å². The highest BCUT2D eigenvalue weighted by Gasteiger charge is 2.18. The fourth-order valence-electron chi connectivity index (χ4n) is 4.67. The molecule has 6 nitrogen and oxygen atoms in total. The number of aromatic nitrogens is 2. The molecule has 0 unspecified atom stereocenters. The van der Waals surface area contributed by atoms with Crippen LogP contribution in [0.3, 0.4) is 0 Å². The number of carbonyl (C=O) groups excluding carboxylic acids is 1. The summed E-state index contributed by atoms with van der Waals surface area (Å²) in [5.74, 6) is 0.740. The molecule has 6 heteroatoms.